The van der Waals surface area contributed by atoms with E-state index in [2.05, 4.69) is 15.3 Å². The fourth-order valence-electron chi connectivity index (χ4n) is 1.51. The summed E-state index contributed by atoms with van der Waals surface area (Å²) in [6.45, 7) is 1.99. The second-order valence-corrected chi connectivity index (χ2v) is 3.79. The first-order valence-electron chi connectivity index (χ1n) is 5.33. The van der Waals surface area contributed by atoms with E-state index in [0.29, 0.717) is 5.95 Å². The van der Waals surface area contributed by atoms with Crippen LogP contribution in [0.5, 0.6) is 0 Å². The van der Waals surface area contributed by atoms with Crippen molar-refractivity contribution in [2.75, 3.05) is 11.1 Å². The first-order chi connectivity index (χ1) is 8.16. The molecule has 1 atom stereocenters. The second-order valence-electron chi connectivity index (χ2n) is 3.79. The van der Waals surface area contributed by atoms with Gasteiger partial charge in [-0.3, -0.25) is 9.78 Å². The third-order valence-corrected chi connectivity index (χ3v) is 2.48. The standard InChI is InChI=1S/C12H14N4O/c1-8(9-5-3-2-4-6-9)15-12-14-7-10(13)11(17)16-12/h2-8H,13H2,1H3,(H2,14,15,16,17). The van der Waals surface area contributed by atoms with Crippen molar-refractivity contribution in [3.8, 4) is 0 Å². The molecule has 0 aliphatic rings. The predicted molar refractivity (Wildman–Crippen MR) is 67.7 cm³/mol. The van der Waals surface area contributed by atoms with E-state index in [1.54, 1.807) is 0 Å². The van der Waals surface area contributed by atoms with Gasteiger partial charge < -0.3 is 11.1 Å². The lowest BCUT2D eigenvalue weighted by Gasteiger charge is -2.14. The Morgan fingerprint density at radius 2 is 2.06 bits per heavy atom. The van der Waals surface area contributed by atoms with Gasteiger partial charge >= 0.3 is 0 Å². The van der Waals surface area contributed by atoms with Crippen molar-refractivity contribution in [2.45, 2.75) is 13.0 Å². The molecule has 0 fully saturated rings. The van der Waals surface area contributed by atoms with Gasteiger partial charge in [-0.2, -0.15) is 0 Å². The van der Waals surface area contributed by atoms with Crippen molar-refractivity contribution in [1.29, 1.82) is 0 Å². The van der Waals surface area contributed by atoms with Crippen LogP contribution in [0.4, 0.5) is 11.6 Å². The Balaban J connectivity index is 2.16. The molecule has 0 saturated carbocycles. The molecule has 1 aromatic carbocycles. The van der Waals surface area contributed by atoms with E-state index in [0.717, 1.165) is 5.56 Å². The summed E-state index contributed by atoms with van der Waals surface area (Å²) in [6.07, 6.45) is 1.35. The number of anilines is 2. The van der Waals surface area contributed by atoms with Crippen LogP contribution in [-0.4, -0.2) is 9.97 Å². The molecule has 1 heterocycles. The molecular formula is C12H14N4O. The third kappa shape index (κ3) is 2.63. The summed E-state index contributed by atoms with van der Waals surface area (Å²) in [5, 5.41) is 3.10. The van der Waals surface area contributed by atoms with E-state index in [-0.39, 0.29) is 17.3 Å². The summed E-state index contributed by atoms with van der Waals surface area (Å²) in [5.74, 6) is 0.417. The summed E-state index contributed by atoms with van der Waals surface area (Å²) in [5.41, 5.74) is 6.30. The number of nitrogen functional groups attached to an aromatic ring is 1. The van der Waals surface area contributed by atoms with E-state index in [9.17, 15) is 4.79 Å². The quantitative estimate of drug-likeness (QED) is 0.746. The van der Waals surface area contributed by atoms with Gasteiger partial charge in [0.15, 0.2) is 0 Å². The predicted octanol–water partition coefficient (Wildman–Crippen LogP) is 1.53. The minimum atomic E-state index is -0.331. The molecule has 1 aromatic heterocycles. The van der Waals surface area contributed by atoms with Crippen LogP contribution in [0.2, 0.25) is 0 Å². The number of benzene rings is 1. The van der Waals surface area contributed by atoms with Crippen molar-refractivity contribution < 1.29 is 0 Å². The van der Waals surface area contributed by atoms with Crippen molar-refractivity contribution in [3.63, 3.8) is 0 Å². The maximum Gasteiger partial charge on any atom is 0.275 e. The van der Waals surface area contributed by atoms with Gasteiger partial charge in [0.1, 0.15) is 5.69 Å². The summed E-state index contributed by atoms with van der Waals surface area (Å²) in [6, 6.07) is 9.96. The van der Waals surface area contributed by atoms with Crippen LogP contribution in [0, 0.1) is 0 Å². The lowest BCUT2D eigenvalue weighted by atomic mass is 10.1. The normalized spacial score (nSPS) is 12.1. The highest BCUT2D eigenvalue weighted by atomic mass is 16.1. The number of aromatic amines is 1. The third-order valence-electron chi connectivity index (χ3n) is 2.48. The number of rotatable bonds is 3. The molecule has 2 aromatic rings. The molecule has 1 unspecified atom stereocenters. The molecule has 2 rings (SSSR count). The second kappa shape index (κ2) is 4.69. The fraction of sp³-hybridized carbons (Fsp3) is 0.167. The smallest absolute Gasteiger partial charge is 0.275 e. The zero-order valence-corrected chi connectivity index (χ0v) is 9.47. The summed E-state index contributed by atoms with van der Waals surface area (Å²) >= 11 is 0. The number of nitrogens with one attached hydrogen (secondary N) is 2. The minimum Gasteiger partial charge on any atom is -0.393 e. The van der Waals surface area contributed by atoms with Crippen LogP contribution < -0.4 is 16.6 Å². The number of nitrogens with zero attached hydrogens (tertiary/aromatic N) is 1. The van der Waals surface area contributed by atoms with Crippen LogP contribution in [0.3, 0.4) is 0 Å². The van der Waals surface area contributed by atoms with Crippen LogP contribution in [0.15, 0.2) is 41.3 Å². The molecule has 0 spiro atoms. The fourth-order valence-corrected chi connectivity index (χ4v) is 1.51. The number of hydrogen-bond donors (Lipinski definition) is 3. The van der Waals surface area contributed by atoms with Crippen LogP contribution in [0.1, 0.15) is 18.5 Å². The molecule has 0 amide bonds. The zero-order chi connectivity index (χ0) is 12.3. The zero-order valence-electron chi connectivity index (χ0n) is 9.47. The Bertz CT molecular complexity index is 550. The Morgan fingerprint density at radius 1 is 1.35 bits per heavy atom. The van der Waals surface area contributed by atoms with E-state index in [4.69, 9.17) is 5.73 Å². The average Bonchev–Trinajstić information content (AvgIpc) is 2.35. The average molecular weight is 230 g/mol. The Labute approximate surface area is 98.7 Å². The number of aromatic nitrogens is 2. The molecule has 5 nitrogen and oxygen atoms in total. The SMILES string of the molecule is CC(Nc1ncc(N)c(=O)[nH]1)c1ccccc1. The lowest BCUT2D eigenvalue weighted by Crippen LogP contribution is -2.17. The Kier molecular flexibility index (Phi) is 3.09. The van der Waals surface area contributed by atoms with Crippen LogP contribution in [-0.2, 0) is 0 Å². The molecule has 0 radical (unpaired) electrons. The Morgan fingerprint density at radius 3 is 2.71 bits per heavy atom. The van der Waals surface area contributed by atoms with Crippen molar-refractivity contribution >= 4 is 11.6 Å². The topological polar surface area (TPSA) is 83.8 Å². The van der Waals surface area contributed by atoms with Gasteiger partial charge in [-0.15, -0.1) is 0 Å². The first-order valence-corrected chi connectivity index (χ1v) is 5.33. The monoisotopic (exact) mass is 230 g/mol. The number of H-pyrrole nitrogens is 1. The number of hydrogen-bond acceptors (Lipinski definition) is 4. The van der Waals surface area contributed by atoms with Gasteiger partial charge in [-0.05, 0) is 12.5 Å². The molecule has 4 N–H and O–H groups in total. The van der Waals surface area contributed by atoms with Gasteiger partial charge in [-0.1, -0.05) is 30.3 Å². The van der Waals surface area contributed by atoms with Crippen molar-refractivity contribution in [1.82, 2.24) is 9.97 Å². The minimum absolute atomic E-state index is 0.0583. The number of nitrogens with two attached hydrogens (primary N) is 1. The van der Waals surface area contributed by atoms with Crippen molar-refractivity contribution in [3.05, 3.63) is 52.4 Å². The van der Waals surface area contributed by atoms with Gasteiger partial charge in [-0.25, -0.2) is 4.98 Å². The van der Waals surface area contributed by atoms with Crippen LogP contribution in [0.25, 0.3) is 0 Å². The highest BCUT2D eigenvalue weighted by Gasteiger charge is 2.06. The maximum absolute atomic E-state index is 11.3. The molecular weight excluding hydrogens is 216 g/mol. The summed E-state index contributed by atoms with van der Waals surface area (Å²) < 4.78 is 0. The highest BCUT2D eigenvalue weighted by molar-refractivity contribution is 5.37. The van der Waals surface area contributed by atoms with E-state index < -0.39 is 0 Å². The molecule has 0 aliphatic carbocycles. The van der Waals surface area contributed by atoms with E-state index in [1.165, 1.54) is 6.20 Å². The van der Waals surface area contributed by atoms with E-state index in [1.807, 2.05) is 37.3 Å². The molecule has 88 valence electrons. The van der Waals surface area contributed by atoms with Gasteiger partial charge in [0, 0.05) is 0 Å². The maximum atomic E-state index is 11.3. The summed E-state index contributed by atoms with van der Waals surface area (Å²) in [4.78, 5) is 17.9. The van der Waals surface area contributed by atoms with Crippen molar-refractivity contribution in [2.24, 2.45) is 0 Å². The Hall–Kier alpha value is -2.30. The first kappa shape index (κ1) is 11.2. The van der Waals surface area contributed by atoms with Gasteiger partial charge in [0.25, 0.3) is 5.56 Å². The molecule has 17 heavy (non-hydrogen) atoms. The molecule has 5 heteroatoms. The highest BCUT2D eigenvalue weighted by Crippen LogP contribution is 2.15. The largest absolute Gasteiger partial charge is 0.393 e. The van der Waals surface area contributed by atoms with Gasteiger partial charge in [0.05, 0.1) is 12.2 Å². The summed E-state index contributed by atoms with van der Waals surface area (Å²) in [7, 11) is 0. The van der Waals surface area contributed by atoms with Crippen LogP contribution >= 0.6 is 0 Å². The van der Waals surface area contributed by atoms with E-state index >= 15 is 0 Å². The molecule has 0 aliphatic heterocycles. The molecule has 0 saturated heterocycles. The van der Waals surface area contributed by atoms with Gasteiger partial charge in [0.2, 0.25) is 5.95 Å². The lowest BCUT2D eigenvalue weighted by molar-refractivity contribution is 0.858. The molecule has 0 bridgehead atoms.